The summed E-state index contributed by atoms with van der Waals surface area (Å²) >= 11 is 0. The molecule has 1 rings (SSSR count). The van der Waals surface area contributed by atoms with Crippen molar-refractivity contribution >= 4 is 6.08 Å². The van der Waals surface area contributed by atoms with Gasteiger partial charge in [-0.1, -0.05) is 18.2 Å². The molecule has 0 amide bonds. The lowest BCUT2D eigenvalue weighted by atomic mass is 10.2. The molecule has 1 aromatic carbocycles. The van der Waals surface area contributed by atoms with Gasteiger partial charge in [0.1, 0.15) is 12.9 Å². The molecule has 5 heteroatoms. The number of hydroxylamine groups is 1. The predicted molar refractivity (Wildman–Crippen MR) is 48.5 cm³/mol. The van der Waals surface area contributed by atoms with Gasteiger partial charge in [-0.2, -0.15) is 0 Å². The largest absolute Gasteiger partial charge is 0.592 e. The summed E-state index contributed by atoms with van der Waals surface area (Å²) in [6, 6.07) is 6.10. The van der Waals surface area contributed by atoms with Crippen LogP contribution in [0.4, 0.5) is 4.39 Å². The Balaban J connectivity index is 2.79. The molecule has 0 saturated heterocycles. The van der Waals surface area contributed by atoms with Crippen LogP contribution in [0.5, 0.6) is 0 Å². The first-order valence-corrected chi connectivity index (χ1v) is 3.87. The van der Waals surface area contributed by atoms with Crippen LogP contribution < -0.4 is 0 Å². The lowest BCUT2D eigenvalue weighted by Crippen LogP contribution is -1.89. The van der Waals surface area contributed by atoms with E-state index in [1.54, 1.807) is 18.2 Å². The van der Waals surface area contributed by atoms with Gasteiger partial charge in [-0.15, -0.1) is 0 Å². The van der Waals surface area contributed by atoms with Crippen molar-refractivity contribution in [1.82, 2.24) is 0 Å². The van der Waals surface area contributed by atoms with E-state index in [2.05, 4.69) is 10.1 Å². The highest BCUT2D eigenvalue weighted by Gasteiger charge is 1.96. The third-order valence-electron chi connectivity index (χ3n) is 1.45. The van der Waals surface area contributed by atoms with Crippen LogP contribution in [0.1, 0.15) is 5.56 Å². The molecule has 0 radical (unpaired) electrons. The molecule has 0 aliphatic heterocycles. The number of hydrogen-bond acceptors (Lipinski definition) is 3. The van der Waals surface area contributed by atoms with Crippen molar-refractivity contribution in [2.24, 2.45) is 5.28 Å². The Morgan fingerprint density at radius 2 is 2.21 bits per heavy atom. The monoisotopic (exact) mass is 196 g/mol. The second-order valence-electron chi connectivity index (χ2n) is 2.40. The minimum absolute atomic E-state index is 0.201. The van der Waals surface area contributed by atoms with Crippen molar-refractivity contribution in [3.8, 4) is 0 Å². The van der Waals surface area contributed by atoms with Gasteiger partial charge in [0.15, 0.2) is 0 Å². The molecule has 0 heterocycles. The third kappa shape index (κ3) is 2.85. The Hall–Kier alpha value is -1.91. The van der Waals surface area contributed by atoms with Gasteiger partial charge in [-0.05, 0) is 10.9 Å². The van der Waals surface area contributed by atoms with Crippen LogP contribution in [-0.2, 0) is 4.84 Å². The van der Waals surface area contributed by atoms with Crippen LogP contribution in [0.15, 0.2) is 35.7 Å². The summed E-state index contributed by atoms with van der Waals surface area (Å²) < 4.78 is 13.0. The number of halogens is 1. The first kappa shape index (κ1) is 10.2. The standard InChI is InChI=1S/C9H9FN2O2/c1-14-11-12(13)7-6-8-4-2-3-5-9(8)10/h2-7H,1H3/b7-6+,12-11-. The molecule has 0 atom stereocenters. The highest BCUT2D eigenvalue weighted by atomic mass is 19.1. The smallest absolute Gasteiger partial charge is 0.213 e. The second kappa shape index (κ2) is 4.96. The van der Waals surface area contributed by atoms with Crippen molar-refractivity contribution in [3.63, 3.8) is 0 Å². The lowest BCUT2D eigenvalue weighted by Gasteiger charge is -1.94. The van der Waals surface area contributed by atoms with Crippen LogP contribution in [0.25, 0.3) is 6.08 Å². The van der Waals surface area contributed by atoms with E-state index in [1.807, 2.05) is 0 Å². The zero-order valence-electron chi connectivity index (χ0n) is 7.55. The number of benzene rings is 1. The van der Waals surface area contributed by atoms with Gasteiger partial charge in [0.25, 0.3) is 0 Å². The van der Waals surface area contributed by atoms with Gasteiger partial charge < -0.3 is 10.0 Å². The van der Waals surface area contributed by atoms with E-state index in [0.717, 1.165) is 6.20 Å². The Morgan fingerprint density at radius 1 is 1.50 bits per heavy atom. The van der Waals surface area contributed by atoms with E-state index in [9.17, 15) is 9.60 Å². The minimum atomic E-state index is -0.394. The summed E-state index contributed by atoms with van der Waals surface area (Å²) in [6.07, 6.45) is 2.37. The Labute approximate surface area is 80.5 Å². The second-order valence-corrected chi connectivity index (χ2v) is 2.40. The summed E-state index contributed by atoms with van der Waals surface area (Å²) in [5.41, 5.74) is 0.319. The maximum Gasteiger partial charge on any atom is 0.213 e. The highest BCUT2D eigenvalue weighted by molar-refractivity contribution is 5.48. The maximum absolute atomic E-state index is 13.0. The molecule has 0 unspecified atom stereocenters. The molecule has 0 aliphatic carbocycles. The summed E-state index contributed by atoms with van der Waals surface area (Å²) in [6.45, 7) is 0. The average Bonchev–Trinajstić information content (AvgIpc) is 2.17. The number of rotatable bonds is 3. The Bertz CT molecular complexity index is 364. The number of hydrogen-bond donors (Lipinski definition) is 0. The molecule has 0 spiro atoms. The van der Waals surface area contributed by atoms with Crippen LogP contribution in [0, 0.1) is 11.0 Å². The van der Waals surface area contributed by atoms with Crippen LogP contribution in [0.3, 0.4) is 0 Å². The maximum atomic E-state index is 13.0. The minimum Gasteiger partial charge on any atom is -0.592 e. The van der Waals surface area contributed by atoms with Crippen LogP contribution in [0.2, 0.25) is 0 Å². The number of nitrogens with zero attached hydrogens (tertiary/aromatic N) is 2. The fourth-order valence-electron chi connectivity index (χ4n) is 0.862. The van der Waals surface area contributed by atoms with Gasteiger partial charge >= 0.3 is 0 Å². The molecule has 0 aliphatic rings. The van der Waals surface area contributed by atoms with Crippen LogP contribution >= 0.6 is 0 Å². The van der Waals surface area contributed by atoms with Gasteiger partial charge in [0.2, 0.25) is 11.5 Å². The first-order chi connectivity index (χ1) is 6.74. The Kier molecular flexibility index (Phi) is 3.60. The molecule has 74 valence electrons. The van der Waals surface area contributed by atoms with E-state index in [0.29, 0.717) is 5.56 Å². The predicted octanol–water partition coefficient (Wildman–Crippen LogP) is 2.32. The summed E-state index contributed by atoms with van der Waals surface area (Å²) in [5.74, 6) is -0.394. The quantitative estimate of drug-likeness (QED) is 0.423. The lowest BCUT2D eigenvalue weighted by molar-refractivity contribution is -0.490. The van der Waals surface area contributed by atoms with Gasteiger partial charge in [-0.25, -0.2) is 4.39 Å². The van der Waals surface area contributed by atoms with Crippen molar-refractivity contribution in [3.05, 3.63) is 47.1 Å². The van der Waals surface area contributed by atoms with Gasteiger partial charge in [0.05, 0.1) is 0 Å². The molecular weight excluding hydrogens is 187 g/mol. The third-order valence-corrected chi connectivity index (χ3v) is 1.45. The molecule has 0 saturated carbocycles. The normalized spacial score (nSPS) is 12.0. The van der Waals surface area contributed by atoms with Gasteiger partial charge in [-0.3, -0.25) is 0 Å². The zero-order valence-corrected chi connectivity index (χ0v) is 7.55. The fourth-order valence-corrected chi connectivity index (χ4v) is 0.862. The topological polar surface area (TPSA) is 47.7 Å². The van der Waals surface area contributed by atoms with Crippen molar-refractivity contribution < 1.29 is 14.1 Å². The molecule has 0 aromatic heterocycles. The molecule has 0 N–H and O–H groups in total. The van der Waals surface area contributed by atoms with E-state index in [4.69, 9.17) is 0 Å². The molecule has 1 aromatic rings. The van der Waals surface area contributed by atoms with Crippen molar-refractivity contribution in [2.45, 2.75) is 0 Å². The molecule has 14 heavy (non-hydrogen) atoms. The summed E-state index contributed by atoms with van der Waals surface area (Å²) in [5, 5.41) is 13.8. The van der Waals surface area contributed by atoms with E-state index in [-0.39, 0.29) is 4.86 Å². The average molecular weight is 196 g/mol. The molecular formula is C9H9FN2O2. The first-order valence-electron chi connectivity index (χ1n) is 3.87. The summed E-state index contributed by atoms with van der Waals surface area (Å²) in [4.78, 5) is 4.42. The van der Waals surface area contributed by atoms with E-state index >= 15 is 0 Å². The fraction of sp³-hybridized carbons (Fsp3) is 0.111. The molecule has 0 bridgehead atoms. The highest BCUT2D eigenvalue weighted by Crippen LogP contribution is 2.07. The van der Waals surface area contributed by atoms with Crippen molar-refractivity contribution in [1.29, 1.82) is 0 Å². The van der Waals surface area contributed by atoms with E-state index in [1.165, 1.54) is 19.3 Å². The van der Waals surface area contributed by atoms with E-state index < -0.39 is 5.82 Å². The Morgan fingerprint density at radius 3 is 2.86 bits per heavy atom. The van der Waals surface area contributed by atoms with Crippen LogP contribution in [-0.4, -0.2) is 12.0 Å². The van der Waals surface area contributed by atoms with Crippen molar-refractivity contribution in [2.75, 3.05) is 7.11 Å². The molecule has 0 fully saturated rings. The SMILES string of the molecule is CO/N=[N+]([O-])/C=C/c1ccccc1F. The molecule has 4 nitrogen and oxygen atoms in total. The summed E-state index contributed by atoms with van der Waals surface area (Å²) in [7, 11) is 1.25. The zero-order chi connectivity index (χ0) is 10.4. The van der Waals surface area contributed by atoms with Gasteiger partial charge in [0, 0.05) is 11.6 Å².